The predicted molar refractivity (Wildman–Crippen MR) is 86.2 cm³/mol. The third kappa shape index (κ3) is 4.42. The van der Waals surface area contributed by atoms with Crippen molar-refractivity contribution in [2.75, 3.05) is 5.32 Å². The van der Waals surface area contributed by atoms with Crippen LogP contribution in [0.5, 0.6) is 0 Å². The molecule has 6 nitrogen and oxygen atoms in total. The lowest BCUT2D eigenvalue weighted by atomic mass is 10.2. The second-order valence-electron chi connectivity index (χ2n) is 4.14. The quantitative estimate of drug-likeness (QED) is 0.692. The smallest absolute Gasteiger partial charge is 0.354 e. The van der Waals surface area contributed by atoms with Crippen molar-refractivity contribution in [1.82, 2.24) is 10.3 Å². The molecule has 3 N–H and O–H groups in total. The Balaban J connectivity index is 1.89. The molecule has 0 saturated heterocycles. The number of para-hydroxylation sites is 1. The van der Waals surface area contributed by atoms with Crippen molar-refractivity contribution >= 4 is 40.3 Å². The number of nitrogens with one attached hydrogen (secondary N) is 2. The van der Waals surface area contributed by atoms with Gasteiger partial charge in [0, 0.05) is 16.3 Å². The fraction of sp³-hybridized carbons (Fsp3) is 0.0714. The first-order chi connectivity index (χ1) is 10.1. The highest BCUT2D eigenvalue weighted by Gasteiger charge is 2.06. The molecule has 2 amide bonds. The van der Waals surface area contributed by atoms with E-state index in [-0.39, 0.29) is 18.3 Å². The predicted octanol–water partition coefficient (Wildman–Crippen LogP) is 2.71. The molecule has 0 unspecified atom stereocenters. The summed E-state index contributed by atoms with van der Waals surface area (Å²) in [6.07, 6.45) is 1.43. The highest BCUT2D eigenvalue weighted by atomic mass is 127. The highest BCUT2D eigenvalue weighted by molar-refractivity contribution is 14.1. The van der Waals surface area contributed by atoms with Gasteiger partial charge in [0.15, 0.2) is 0 Å². The molecule has 0 aliphatic rings. The zero-order chi connectivity index (χ0) is 15.2. The number of amides is 2. The van der Waals surface area contributed by atoms with E-state index < -0.39 is 5.97 Å². The maximum Gasteiger partial charge on any atom is 0.354 e. The Bertz CT molecular complexity index is 659. The van der Waals surface area contributed by atoms with Gasteiger partial charge in [0.1, 0.15) is 5.69 Å². The number of halogens is 1. The van der Waals surface area contributed by atoms with Crippen LogP contribution in [0, 0.1) is 3.57 Å². The molecule has 0 spiro atoms. The number of pyridine rings is 1. The van der Waals surface area contributed by atoms with Gasteiger partial charge in [0.2, 0.25) is 0 Å². The molecule has 0 aliphatic heterocycles. The topological polar surface area (TPSA) is 91.3 Å². The van der Waals surface area contributed by atoms with Crippen molar-refractivity contribution in [1.29, 1.82) is 0 Å². The zero-order valence-corrected chi connectivity index (χ0v) is 13.0. The van der Waals surface area contributed by atoms with Crippen LogP contribution in [-0.2, 0) is 6.54 Å². The van der Waals surface area contributed by atoms with Gasteiger partial charge in [0.25, 0.3) is 0 Å². The van der Waals surface area contributed by atoms with Crippen molar-refractivity contribution in [2.45, 2.75) is 6.54 Å². The number of anilines is 1. The molecule has 0 radical (unpaired) electrons. The standard InChI is InChI=1S/C14H12IN3O3/c15-10-3-1-2-4-11(10)18-14(21)17-8-9-5-6-12(13(19)20)16-7-9/h1-7H,8H2,(H,19,20)(H2,17,18,21). The molecule has 2 rings (SSSR count). The normalized spacial score (nSPS) is 9.95. The Hall–Kier alpha value is -2.16. The monoisotopic (exact) mass is 397 g/mol. The number of carbonyl (C=O) groups excluding carboxylic acids is 1. The van der Waals surface area contributed by atoms with Crippen LogP contribution in [0.3, 0.4) is 0 Å². The lowest BCUT2D eigenvalue weighted by Gasteiger charge is -2.09. The largest absolute Gasteiger partial charge is 0.477 e. The number of hydrogen-bond donors (Lipinski definition) is 3. The van der Waals surface area contributed by atoms with E-state index in [0.29, 0.717) is 0 Å². The van der Waals surface area contributed by atoms with Crippen LogP contribution < -0.4 is 10.6 Å². The van der Waals surface area contributed by atoms with E-state index in [1.54, 1.807) is 6.07 Å². The minimum atomic E-state index is -1.08. The fourth-order valence-corrected chi connectivity index (χ4v) is 2.09. The van der Waals surface area contributed by atoms with Crippen molar-refractivity contribution in [2.24, 2.45) is 0 Å². The average Bonchev–Trinajstić information content (AvgIpc) is 2.48. The minimum absolute atomic E-state index is 0.0259. The van der Waals surface area contributed by atoms with Crippen LogP contribution >= 0.6 is 22.6 Å². The van der Waals surface area contributed by atoms with Crippen molar-refractivity contribution in [3.05, 3.63) is 57.4 Å². The number of nitrogens with zero attached hydrogens (tertiary/aromatic N) is 1. The van der Waals surface area contributed by atoms with Crippen LogP contribution in [0.25, 0.3) is 0 Å². The van der Waals surface area contributed by atoms with E-state index in [1.807, 2.05) is 24.3 Å². The molecular formula is C14H12IN3O3. The molecule has 1 aromatic heterocycles. The second-order valence-corrected chi connectivity index (χ2v) is 5.31. The van der Waals surface area contributed by atoms with Crippen LogP contribution in [0.4, 0.5) is 10.5 Å². The molecule has 0 saturated carbocycles. The Kier molecular flexibility index (Phi) is 5.09. The SMILES string of the molecule is O=C(NCc1ccc(C(=O)O)nc1)Nc1ccccc1I. The lowest BCUT2D eigenvalue weighted by Crippen LogP contribution is -2.28. The van der Waals surface area contributed by atoms with E-state index in [4.69, 9.17) is 5.11 Å². The Morgan fingerprint density at radius 1 is 1.19 bits per heavy atom. The van der Waals surface area contributed by atoms with Crippen LogP contribution in [0.2, 0.25) is 0 Å². The number of carboxylic acid groups (broad SMARTS) is 1. The summed E-state index contributed by atoms with van der Waals surface area (Å²) < 4.78 is 0.942. The molecule has 0 aliphatic carbocycles. The number of carboxylic acids is 1. The van der Waals surface area contributed by atoms with Gasteiger partial charge in [-0.25, -0.2) is 14.6 Å². The summed E-state index contributed by atoms with van der Waals surface area (Å²) >= 11 is 2.14. The molecule has 1 heterocycles. The van der Waals surface area contributed by atoms with E-state index in [2.05, 4.69) is 38.2 Å². The summed E-state index contributed by atoms with van der Waals surface area (Å²) in [5, 5.41) is 14.2. The molecule has 1 aromatic carbocycles. The zero-order valence-electron chi connectivity index (χ0n) is 10.8. The number of rotatable bonds is 4. The van der Waals surface area contributed by atoms with Gasteiger partial charge in [-0.3, -0.25) is 0 Å². The summed E-state index contributed by atoms with van der Waals surface area (Å²) in [4.78, 5) is 26.2. The Morgan fingerprint density at radius 3 is 2.57 bits per heavy atom. The van der Waals surface area contributed by atoms with E-state index in [0.717, 1.165) is 14.8 Å². The molecule has 108 valence electrons. The summed E-state index contributed by atoms with van der Waals surface area (Å²) in [5.41, 5.74) is 1.43. The summed E-state index contributed by atoms with van der Waals surface area (Å²) in [7, 11) is 0. The van der Waals surface area contributed by atoms with Crippen LogP contribution in [-0.4, -0.2) is 22.1 Å². The van der Waals surface area contributed by atoms with Gasteiger partial charge in [-0.15, -0.1) is 0 Å². The summed E-state index contributed by atoms with van der Waals surface area (Å²) in [6.45, 7) is 0.266. The number of carbonyl (C=O) groups is 2. The molecule has 21 heavy (non-hydrogen) atoms. The van der Waals surface area contributed by atoms with Gasteiger partial charge < -0.3 is 15.7 Å². The van der Waals surface area contributed by atoms with Gasteiger partial charge in [-0.05, 0) is 46.4 Å². The molecule has 0 bridgehead atoms. The number of urea groups is 1. The first-order valence-electron chi connectivity index (χ1n) is 6.04. The maximum atomic E-state index is 11.8. The van der Waals surface area contributed by atoms with Crippen LogP contribution in [0.15, 0.2) is 42.6 Å². The number of hydrogen-bond acceptors (Lipinski definition) is 3. The number of aromatic nitrogens is 1. The molecular weight excluding hydrogens is 385 g/mol. The lowest BCUT2D eigenvalue weighted by molar-refractivity contribution is 0.0690. The van der Waals surface area contributed by atoms with Gasteiger partial charge in [-0.2, -0.15) is 0 Å². The third-order valence-electron chi connectivity index (χ3n) is 2.62. The Labute approximate surface area is 134 Å². The van der Waals surface area contributed by atoms with Crippen molar-refractivity contribution < 1.29 is 14.7 Å². The van der Waals surface area contributed by atoms with Gasteiger partial charge >= 0.3 is 12.0 Å². The fourth-order valence-electron chi connectivity index (χ4n) is 1.57. The maximum absolute atomic E-state index is 11.8. The summed E-state index contributed by atoms with van der Waals surface area (Å²) in [5.74, 6) is -1.08. The van der Waals surface area contributed by atoms with Crippen LogP contribution in [0.1, 0.15) is 16.1 Å². The molecule has 0 fully saturated rings. The van der Waals surface area contributed by atoms with Gasteiger partial charge in [-0.1, -0.05) is 18.2 Å². The van der Waals surface area contributed by atoms with Crippen molar-refractivity contribution in [3.8, 4) is 0 Å². The molecule has 7 heteroatoms. The Morgan fingerprint density at radius 2 is 1.95 bits per heavy atom. The average molecular weight is 397 g/mol. The van der Waals surface area contributed by atoms with E-state index >= 15 is 0 Å². The number of benzene rings is 1. The second kappa shape index (κ2) is 7.02. The summed E-state index contributed by atoms with van der Waals surface area (Å²) in [6, 6.07) is 10.1. The van der Waals surface area contributed by atoms with E-state index in [9.17, 15) is 9.59 Å². The first kappa shape index (κ1) is 15.2. The molecule has 0 atom stereocenters. The van der Waals surface area contributed by atoms with Gasteiger partial charge in [0.05, 0.1) is 5.69 Å². The van der Waals surface area contributed by atoms with Crippen molar-refractivity contribution in [3.63, 3.8) is 0 Å². The number of aromatic carboxylic acids is 1. The molecule has 2 aromatic rings. The highest BCUT2D eigenvalue weighted by Crippen LogP contribution is 2.16. The third-order valence-corrected chi connectivity index (χ3v) is 3.56. The minimum Gasteiger partial charge on any atom is -0.477 e. The van der Waals surface area contributed by atoms with E-state index in [1.165, 1.54) is 12.3 Å². The first-order valence-corrected chi connectivity index (χ1v) is 7.12.